The number of hydrogen-bond acceptors (Lipinski definition) is 2. The second-order valence-corrected chi connectivity index (χ2v) is 5.44. The average molecular weight is 298 g/mol. The van der Waals surface area contributed by atoms with Gasteiger partial charge in [0.15, 0.2) is 0 Å². The van der Waals surface area contributed by atoms with Gasteiger partial charge in [0.05, 0.1) is 23.7 Å². The average Bonchev–Trinajstić information content (AvgIpc) is 2.97. The fourth-order valence-corrected chi connectivity index (χ4v) is 2.25. The lowest BCUT2D eigenvalue weighted by Gasteiger charge is -2.11. The predicted octanol–water partition coefficient (Wildman–Crippen LogP) is 4.68. The van der Waals surface area contributed by atoms with E-state index in [0.717, 1.165) is 23.0 Å². The van der Waals surface area contributed by atoms with Crippen LogP contribution in [0.3, 0.4) is 0 Å². The minimum atomic E-state index is -0.263. The van der Waals surface area contributed by atoms with Gasteiger partial charge in [-0.25, -0.2) is 9.37 Å². The number of imidazole rings is 1. The summed E-state index contributed by atoms with van der Waals surface area (Å²) < 4.78 is 19.8. The Balaban J connectivity index is 1.84. The van der Waals surface area contributed by atoms with Crippen LogP contribution in [0.5, 0.6) is 0 Å². The van der Waals surface area contributed by atoms with Crippen molar-refractivity contribution < 1.29 is 9.13 Å². The first-order valence-corrected chi connectivity index (χ1v) is 7.52. The van der Waals surface area contributed by atoms with Crippen LogP contribution in [-0.2, 0) is 11.3 Å². The highest BCUT2D eigenvalue weighted by molar-refractivity contribution is 5.79. The van der Waals surface area contributed by atoms with Crippen molar-refractivity contribution in [3.8, 4) is 11.4 Å². The summed E-state index contributed by atoms with van der Waals surface area (Å²) in [5, 5.41) is 0. The molecule has 2 aromatic carbocycles. The van der Waals surface area contributed by atoms with Crippen LogP contribution in [0.4, 0.5) is 4.39 Å². The molecule has 0 aliphatic heterocycles. The monoisotopic (exact) mass is 298 g/mol. The number of nitrogens with zero attached hydrogens (tertiary/aromatic N) is 1. The third-order valence-corrected chi connectivity index (χ3v) is 3.81. The molecule has 0 bridgehead atoms. The minimum Gasteiger partial charge on any atom is -0.374 e. The molecule has 0 saturated carbocycles. The van der Waals surface area contributed by atoms with Crippen LogP contribution >= 0.6 is 0 Å². The Kier molecular flexibility index (Phi) is 4.20. The largest absolute Gasteiger partial charge is 0.374 e. The zero-order valence-corrected chi connectivity index (χ0v) is 12.8. The number of aromatic nitrogens is 2. The Morgan fingerprint density at radius 1 is 1.23 bits per heavy atom. The molecule has 4 heteroatoms. The third-order valence-electron chi connectivity index (χ3n) is 3.81. The summed E-state index contributed by atoms with van der Waals surface area (Å²) in [7, 11) is 0. The van der Waals surface area contributed by atoms with E-state index in [-0.39, 0.29) is 11.9 Å². The number of nitrogens with one attached hydrogen (secondary N) is 1. The van der Waals surface area contributed by atoms with Gasteiger partial charge in [0.25, 0.3) is 0 Å². The first kappa shape index (κ1) is 14.7. The fourth-order valence-electron chi connectivity index (χ4n) is 2.25. The van der Waals surface area contributed by atoms with Crippen LogP contribution in [-0.4, -0.2) is 16.1 Å². The fraction of sp³-hybridized carbons (Fsp3) is 0.278. The van der Waals surface area contributed by atoms with Gasteiger partial charge in [-0.3, -0.25) is 0 Å². The van der Waals surface area contributed by atoms with Gasteiger partial charge in [-0.1, -0.05) is 31.2 Å². The molecule has 1 unspecified atom stereocenters. The van der Waals surface area contributed by atoms with Gasteiger partial charge in [0.1, 0.15) is 11.6 Å². The molecule has 0 fully saturated rings. The highest BCUT2D eigenvalue weighted by Crippen LogP contribution is 2.23. The van der Waals surface area contributed by atoms with E-state index in [1.54, 1.807) is 6.07 Å². The van der Waals surface area contributed by atoms with Crippen LogP contribution in [0.15, 0.2) is 42.5 Å². The maximum Gasteiger partial charge on any atom is 0.138 e. The number of aromatic amines is 1. The highest BCUT2D eigenvalue weighted by atomic mass is 19.1. The summed E-state index contributed by atoms with van der Waals surface area (Å²) in [6.45, 7) is 4.33. The summed E-state index contributed by atoms with van der Waals surface area (Å²) in [6.07, 6.45) is 1.05. The molecule has 3 aromatic rings. The maximum absolute atomic E-state index is 14.2. The molecule has 0 spiro atoms. The predicted molar refractivity (Wildman–Crippen MR) is 86.0 cm³/mol. The van der Waals surface area contributed by atoms with Crippen molar-refractivity contribution in [2.24, 2.45) is 0 Å². The molecular formula is C18H19FN2O. The van der Waals surface area contributed by atoms with Crippen molar-refractivity contribution in [3.05, 3.63) is 53.8 Å². The van der Waals surface area contributed by atoms with Gasteiger partial charge in [0.2, 0.25) is 0 Å². The van der Waals surface area contributed by atoms with Crippen molar-refractivity contribution in [1.29, 1.82) is 0 Å². The second-order valence-electron chi connectivity index (χ2n) is 5.44. The maximum atomic E-state index is 14.2. The van der Waals surface area contributed by atoms with Gasteiger partial charge in [-0.15, -0.1) is 0 Å². The van der Waals surface area contributed by atoms with E-state index in [1.807, 2.05) is 44.2 Å². The van der Waals surface area contributed by atoms with E-state index in [2.05, 4.69) is 9.97 Å². The van der Waals surface area contributed by atoms with Crippen molar-refractivity contribution >= 4 is 11.0 Å². The van der Waals surface area contributed by atoms with Crippen molar-refractivity contribution in [2.75, 3.05) is 0 Å². The van der Waals surface area contributed by atoms with Crippen LogP contribution in [0, 0.1) is 5.82 Å². The number of halogens is 1. The lowest BCUT2D eigenvalue weighted by atomic mass is 10.1. The van der Waals surface area contributed by atoms with Crippen molar-refractivity contribution in [1.82, 2.24) is 9.97 Å². The lowest BCUT2D eigenvalue weighted by Crippen LogP contribution is -2.07. The smallest absolute Gasteiger partial charge is 0.138 e. The number of hydrogen-bond donors (Lipinski definition) is 1. The number of H-pyrrole nitrogens is 1. The van der Waals surface area contributed by atoms with Gasteiger partial charge in [-0.2, -0.15) is 0 Å². The standard InChI is InChI=1S/C18H19FN2O/c1-3-12(2)22-11-14-9-8-13(10-15(14)19)18-20-16-6-4-5-7-17(16)21-18/h4-10,12H,3,11H2,1-2H3,(H,20,21). The van der Waals surface area contributed by atoms with Gasteiger partial charge in [-0.05, 0) is 31.5 Å². The Bertz CT molecular complexity index is 749. The molecule has 1 heterocycles. The van der Waals surface area contributed by atoms with Crippen LogP contribution < -0.4 is 0 Å². The molecule has 3 rings (SSSR count). The van der Waals surface area contributed by atoms with Gasteiger partial charge < -0.3 is 9.72 Å². The van der Waals surface area contributed by atoms with Crippen LogP contribution in [0.1, 0.15) is 25.8 Å². The SMILES string of the molecule is CCC(C)OCc1ccc(-c2nc3ccccc3[nH]2)cc1F. The quantitative estimate of drug-likeness (QED) is 0.742. The van der Waals surface area contributed by atoms with E-state index in [0.29, 0.717) is 18.0 Å². The number of para-hydroxylation sites is 2. The summed E-state index contributed by atoms with van der Waals surface area (Å²) in [4.78, 5) is 7.70. The molecule has 1 aromatic heterocycles. The Morgan fingerprint density at radius 3 is 2.77 bits per heavy atom. The van der Waals surface area contributed by atoms with Crippen molar-refractivity contribution in [2.45, 2.75) is 33.0 Å². The van der Waals surface area contributed by atoms with E-state index in [1.165, 1.54) is 6.07 Å². The van der Waals surface area contributed by atoms with Crippen LogP contribution in [0.2, 0.25) is 0 Å². The Labute approximate surface area is 129 Å². The van der Waals surface area contributed by atoms with E-state index >= 15 is 0 Å². The number of benzene rings is 2. The molecule has 0 amide bonds. The van der Waals surface area contributed by atoms with E-state index in [9.17, 15) is 4.39 Å². The summed E-state index contributed by atoms with van der Waals surface area (Å²) >= 11 is 0. The van der Waals surface area contributed by atoms with Crippen LogP contribution in [0.25, 0.3) is 22.4 Å². The third kappa shape index (κ3) is 3.02. The number of fused-ring (bicyclic) bond motifs is 1. The van der Waals surface area contributed by atoms with Gasteiger partial charge >= 0.3 is 0 Å². The first-order valence-electron chi connectivity index (χ1n) is 7.52. The topological polar surface area (TPSA) is 37.9 Å². The van der Waals surface area contributed by atoms with Gasteiger partial charge in [0, 0.05) is 11.1 Å². The highest BCUT2D eigenvalue weighted by Gasteiger charge is 2.10. The molecule has 0 radical (unpaired) electrons. The Morgan fingerprint density at radius 2 is 2.05 bits per heavy atom. The zero-order valence-electron chi connectivity index (χ0n) is 12.8. The molecular weight excluding hydrogens is 279 g/mol. The molecule has 1 atom stereocenters. The van der Waals surface area contributed by atoms with Crippen molar-refractivity contribution in [3.63, 3.8) is 0 Å². The first-order chi connectivity index (χ1) is 10.7. The lowest BCUT2D eigenvalue weighted by molar-refractivity contribution is 0.0492. The number of ether oxygens (including phenoxy) is 1. The number of rotatable bonds is 5. The summed E-state index contributed by atoms with van der Waals surface area (Å²) in [6, 6.07) is 12.9. The molecule has 114 valence electrons. The molecule has 0 aliphatic rings. The normalized spacial score (nSPS) is 12.7. The van der Waals surface area contributed by atoms with E-state index < -0.39 is 0 Å². The molecule has 3 nitrogen and oxygen atoms in total. The molecule has 0 aliphatic carbocycles. The molecule has 22 heavy (non-hydrogen) atoms. The molecule has 0 saturated heterocycles. The Hall–Kier alpha value is -2.20. The molecule has 1 N–H and O–H groups in total. The summed E-state index contributed by atoms with van der Waals surface area (Å²) in [5.74, 6) is 0.413. The minimum absolute atomic E-state index is 0.134. The van der Waals surface area contributed by atoms with E-state index in [4.69, 9.17) is 4.74 Å². The second kappa shape index (κ2) is 6.28. The zero-order chi connectivity index (χ0) is 15.5. The summed E-state index contributed by atoms with van der Waals surface area (Å²) in [5.41, 5.74) is 3.13.